The summed E-state index contributed by atoms with van der Waals surface area (Å²) in [5.41, 5.74) is 1.48. The van der Waals surface area contributed by atoms with Crippen LogP contribution in [0.25, 0.3) is 22.7 Å². The lowest BCUT2D eigenvalue weighted by Crippen LogP contribution is -1.96. The predicted molar refractivity (Wildman–Crippen MR) is 63.2 cm³/mol. The number of benzene rings is 1. The Labute approximate surface area is 102 Å². The Morgan fingerprint density at radius 2 is 2.28 bits per heavy atom. The highest BCUT2D eigenvalue weighted by Gasteiger charge is 2.16. The van der Waals surface area contributed by atoms with Crippen LogP contribution in [0, 0.1) is 0 Å². The van der Waals surface area contributed by atoms with Gasteiger partial charge >= 0.3 is 5.97 Å². The van der Waals surface area contributed by atoms with Gasteiger partial charge in [-0.15, -0.1) is 0 Å². The standard InChI is InChI=1S/C12H9N3O3/c1-15-5-8(13-6-15)11-14-10-7(12(16)17)3-2-4-9(10)18-11/h2-6H,1H3,(H,16,17). The zero-order valence-electron chi connectivity index (χ0n) is 9.49. The molecule has 3 aromatic rings. The molecule has 0 amide bonds. The van der Waals surface area contributed by atoms with Crippen LogP contribution in [0.3, 0.4) is 0 Å². The number of fused-ring (bicyclic) bond motifs is 1. The lowest BCUT2D eigenvalue weighted by molar-refractivity contribution is 0.0699. The third-order valence-corrected chi connectivity index (χ3v) is 2.57. The van der Waals surface area contributed by atoms with Gasteiger partial charge in [-0.2, -0.15) is 0 Å². The summed E-state index contributed by atoms with van der Waals surface area (Å²) in [5, 5.41) is 9.07. The molecule has 0 bridgehead atoms. The van der Waals surface area contributed by atoms with E-state index in [0.717, 1.165) is 0 Å². The summed E-state index contributed by atoms with van der Waals surface area (Å²) in [6.07, 6.45) is 3.38. The zero-order valence-corrected chi connectivity index (χ0v) is 9.49. The number of hydrogen-bond donors (Lipinski definition) is 1. The molecule has 0 aliphatic carbocycles. The number of nitrogens with zero attached hydrogens (tertiary/aromatic N) is 3. The van der Waals surface area contributed by atoms with E-state index in [1.807, 2.05) is 7.05 Å². The van der Waals surface area contributed by atoms with Crippen LogP contribution in [-0.4, -0.2) is 25.6 Å². The average Bonchev–Trinajstić information content (AvgIpc) is 2.93. The molecule has 0 fully saturated rings. The topological polar surface area (TPSA) is 81.2 Å². The molecular weight excluding hydrogens is 234 g/mol. The molecular formula is C12H9N3O3. The monoisotopic (exact) mass is 243 g/mol. The van der Waals surface area contributed by atoms with Crippen LogP contribution >= 0.6 is 0 Å². The van der Waals surface area contributed by atoms with E-state index in [2.05, 4.69) is 9.97 Å². The van der Waals surface area contributed by atoms with Gasteiger partial charge < -0.3 is 14.1 Å². The van der Waals surface area contributed by atoms with E-state index in [4.69, 9.17) is 9.52 Å². The van der Waals surface area contributed by atoms with Crippen molar-refractivity contribution in [2.75, 3.05) is 0 Å². The van der Waals surface area contributed by atoms with Crippen LogP contribution in [0.15, 0.2) is 35.1 Å². The van der Waals surface area contributed by atoms with Crippen molar-refractivity contribution in [3.05, 3.63) is 36.3 Å². The number of carboxylic acid groups (broad SMARTS) is 1. The fourth-order valence-corrected chi connectivity index (χ4v) is 1.75. The van der Waals surface area contributed by atoms with Crippen LogP contribution in [0.5, 0.6) is 0 Å². The van der Waals surface area contributed by atoms with E-state index < -0.39 is 5.97 Å². The number of imidazole rings is 1. The van der Waals surface area contributed by atoms with Crippen molar-refractivity contribution in [2.24, 2.45) is 7.05 Å². The van der Waals surface area contributed by atoms with Gasteiger partial charge in [-0.3, -0.25) is 0 Å². The number of aryl methyl sites for hydroxylation is 1. The Morgan fingerprint density at radius 1 is 1.44 bits per heavy atom. The number of carbonyl (C=O) groups is 1. The van der Waals surface area contributed by atoms with Crippen LogP contribution in [0.4, 0.5) is 0 Å². The van der Waals surface area contributed by atoms with Crippen molar-refractivity contribution in [2.45, 2.75) is 0 Å². The van der Waals surface area contributed by atoms with Gasteiger partial charge in [0.15, 0.2) is 5.58 Å². The van der Waals surface area contributed by atoms with Crippen molar-refractivity contribution in [3.8, 4) is 11.6 Å². The summed E-state index contributed by atoms with van der Waals surface area (Å²) in [4.78, 5) is 19.4. The molecule has 0 aliphatic rings. The first kappa shape index (κ1) is 10.5. The van der Waals surface area contributed by atoms with Gasteiger partial charge in [-0.1, -0.05) is 6.07 Å². The summed E-state index contributed by atoms with van der Waals surface area (Å²) in [6, 6.07) is 4.80. The molecule has 6 heteroatoms. The average molecular weight is 243 g/mol. The van der Waals surface area contributed by atoms with Crippen LogP contribution in [-0.2, 0) is 7.05 Å². The van der Waals surface area contributed by atoms with Crippen molar-refractivity contribution in [3.63, 3.8) is 0 Å². The van der Waals surface area contributed by atoms with Gasteiger partial charge in [0, 0.05) is 13.2 Å². The second kappa shape index (κ2) is 3.69. The molecule has 3 rings (SSSR count). The molecule has 2 heterocycles. The van der Waals surface area contributed by atoms with Crippen molar-refractivity contribution >= 4 is 17.1 Å². The summed E-state index contributed by atoms with van der Waals surface area (Å²) in [6.45, 7) is 0. The van der Waals surface area contributed by atoms with Crippen LogP contribution in [0.1, 0.15) is 10.4 Å². The fraction of sp³-hybridized carbons (Fsp3) is 0.0833. The molecule has 90 valence electrons. The maximum Gasteiger partial charge on any atom is 0.338 e. The highest BCUT2D eigenvalue weighted by molar-refractivity contribution is 6.00. The Balaban J connectivity index is 2.22. The SMILES string of the molecule is Cn1cnc(-c2nc3c(C(=O)O)cccc3o2)c1. The minimum Gasteiger partial charge on any atom is -0.478 e. The van der Waals surface area contributed by atoms with Crippen molar-refractivity contribution < 1.29 is 14.3 Å². The normalized spacial score (nSPS) is 10.9. The van der Waals surface area contributed by atoms with Gasteiger partial charge in [-0.05, 0) is 12.1 Å². The molecule has 0 saturated heterocycles. The first-order chi connectivity index (χ1) is 8.65. The summed E-state index contributed by atoms with van der Waals surface area (Å²) >= 11 is 0. The van der Waals surface area contributed by atoms with Crippen molar-refractivity contribution in [1.29, 1.82) is 0 Å². The van der Waals surface area contributed by atoms with Gasteiger partial charge in [-0.25, -0.2) is 14.8 Å². The molecule has 0 unspecified atom stereocenters. The number of aromatic nitrogens is 3. The summed E-state index contributed by atoms with van der Waals surface area (Å²) in [5.74, 6) is -0.708. The number of aromatic carboxylic acids is 1. The lowest BCUT2D eigenvalue weighted by atomic mass is 10.2. The smallest absolute Gasteiger partial charge is 0.338 e. The summed E-state index contributed by atoms with van der Waals surface area (Å²) < 4.78 is 7.27. The van der Waals surface area contributed by atoms with E-state index in [-0.39, 0.29) is 5.56 Å². The first-order valence-corrected chi connectivity index (χ1v) is 5.26. The number of carboxylic acids is 1. The Bertz CT molecular complexity index is 742. The maximum atomic E-state index is 11.1. The number of para-hydroxylation sites is 1. The fourth-order valence-electron chi connectivity index (χ4n) is 1.75. The van der Waals surface area contributed by atoms with Gasteiger partial charge in [0.05, 0.1) is 11.9 Å². The molecule has 1 aromatic carbocycles. The predicted octanol–water partition coefficient (Wildman–Crippen LogP) is 1.93. The van der Waals surface area contributed by atoms with E-state index in [1.165, 1.54) is 6.07 Å². The minimum absolute atomic E-state index is 0.124. The van der Waals surface area contributed by atoms with E-state index in [0.29, 0.717) is 22.7 Å². The molecule has 6 nitrogen and oxygen atoms in total. The Kier molecular flexibility index (Phi) is 2.16. The third kappa shape index (κ3) is 1.55. The van der Waals surface area contributed by atoms with Crippen LogP contribution < -0.4 is 0 Å². The highest BCUT2D eigenvalue weighted by atomic mass is 16.4. The highest BCUT2D eigenvalue weighted by Crippen LogP contribution is 2.25. The van der Waals surface area contributed by atoms with Gasteiger partial charge in [0.25, 0.3) is 0 Å². The van der Waals surface area contributed by atoms with E-state index in [9.17, 15) is 4.79 Å². The third-order valence-electron chi connectivity index (χ3n) is 2.57. The summed E-state index contributed by atoms with van der Waals surface area (Å²) in [7, 11) is 1.84. The molecule has 0 radical (unpaired) electrons. The largest absolute Gasteiger partial charge is 0.478 e. The van der Waals surface area contributed by atoms with Crippen LogP contribution in [0.2, 0.25) is 0 Å². The quantitative estimate of drug-likeness (QED) is 0.743. The Morgan fingerprint density at radius 3 is 2.94 bits per heavy atom. The van der Waals surface area contributed by atoms with E-state index >= 15 is 0 Å². The lowest BCUT2D eigenvalue weighted by Gasteiger charge is -1.92. The van der Waals surface area contributed by atoms with Gasteiger partial charge in [0.1, 0.15) is 11.2 Å². The number of rotatable bonds is 2. The van der Waals surface area contributed by atoms with Crippen molar-refractivity contribution in [1.82, 2.24) is 14.5 Å². The van der Waals surface area contributed by atoms with E-state index in [1.54, 1.807) is 29.2 Å². The van der Waals surface area contributed by atoms with Gasteiger partial charge in [0.2, 0.25) is 5.89 Å². The molecule has 0 saturated carbocycles. The maximum absolute atomic E-state index is 11.1. The second-order valence-electron chi connectivity index (χ2n) is 3.90. The molecule has 0 spiro atoms. The molecule has 0 aliphatic heterocycles. The number of oxazole rings is 1. The molecule has 1 N–H and O–H groups in total. The Hall–Kier alpha value is -2.63. The molecule has 18 heavy (non-hydrogen) atoms. The second-order valence-corrected chi connectivity index (χ2v) is 3.90. The molecule has 2 aromatic heterocycles. The first-order valence-electron chi connectivity index (χ1n) is 5.26. The minimum atomic E-state index is -1.03. The zero-order chi connectivity index (χ0) is 12.7. The molecule has 0 atom stereocenters. The number of hydrogen-bond acceptors (Lipinski definition) is 4.